The normalized spacial score (nSPS) is 48.1. The van der Waals surface area contributed by atoms with Crippen molar-refractivity contribution in [3.8, 4) is 0 Å². The van der Waals surface area contributed by atoms with E-state index >= 15 is 0 Å². The summed E-state index contributed by atoms with van der Waals surface area (Å²) < 4.78 is 23.1. The van der Waals surface area contributed by atoms with E-state index in [4.69, 9.17) is 30.5 Å². The molecule has 0 aromatic carbocycles. The maximum Gasteiger partial charge on any atom is 0.312 e. The SMILES string of the molecule is C=C1CCC(OC(C)=O)C2(C)C(OC(C)=O)CC3(O)OC4(C(C)C(=O)OC4C(Cl)C3=C)C(O)C12. The highest BCUT2D eigenvalue weighted by atomic mass is 35.5. The summed E-state index contributed by atoms with van der Waals surface area (Å²) in [6.45, 7) is 13.8. The molecule has 2 bridgehead atoms. The predicted molar refractivity (Wildman–Crippen MR) is 118 cm³/mol. The van der Waals surface area contributed by atoms with E-state index in [0.29, 0.717) is 18.4 Å². The molecule has 188 valence electrons. The van der Waals surface area contributed by atoms with Crippen LogP contribution in [0.2, 0.25) is 0 Å². The first kappa shape index (κ1) is 25.2. The number of alkyl halides is 1. The van der Waals surface area contributed by atoms with Gasteiger partial charge in [-0.2, -0.15) is 0 Å². The molecule has 3 heterocycles. The van der Waals surface area contributed by atoms with Crippen molar-refractivity contribution in [3.63, 3.8) is 0 Å². The average molecular weight is 499 g/mol. The molecule has 3 aliphatic heterocycles. The van der Waals surface area contributed by atoms with Gasteiger partial charge in [-0.25, -0.2) is 0 Å². The smallest absolute Gasteiger partial charge is 0.312 e. The molecule has 1 spiro atoms. The highest BCUT2D eigenvalue weighted by molar-refractivity contribution is 6.23. The van der Waals surface area contributed by atoms with E-state index in [0.717, 1.165) is 0 Å². The zero-order valence-electron chi connectivity index (χ0n) is 19.7. The van der Waals surface area contributed by atoms with Crippen LogP contribution < -0.4 is 0 Å². The van der Waals surface area contributed by atoms with Crippen LogP contribution in [0.25, 0.3) is 0 Å². The van der Waals surface area contributed by atoms with E-state index in [9.17, 15) is 24.6 Å². The molecular weight excluding hydrogens is 468 g/mol. The lowest BCUT2D eigenvalue weighted by Gasteiger charge is -2.61. The Kier molecular flexibility index (Phi) is 5.95. The molecule has 2 N–H and O–H groups in total. The van der Waals surface area contributed by atoms with Gasteiger partial charge >= 0.3 is 17.9 Å². The fourth-order valence-electron chi connectivity index (χ4n) is 6.48. The molecule has 4 aliphatic rings. The summed E-state index contributed by atoms with van der Waals surface area (Å²) in [6.07, 6.45) is -4.01. The Balaban J connectivity index is 1.98. The van der Waals surface area contributed by atoms with Gasteiger partial charge in [0.15, 0.2) is 11.9 Å². The van der Waals surface area contributed by atoms with Crippen molar-refractivity contribution >= 4 is 29.5 Å². The Morgan fingerprint density at radius 1 is 1.18 bits per heavy atom. The van der Waals surface area contributed by atoms with Gasteiger partial charge in [-0.05, 0) is 19.8 Å². The Morgan fingerprint density at radius 2 is 1.76 bits per heavy atom. The van der Waals surface area contributed by atoms with Crippen LogP contribution in [-0.2, 0) is 33.3 Å². The van der Waals surface area contributed by atoms with E-state index in [1.807, 2.05) is 0 Å². The summed E-state index contributed by atoms with van der Waals surface area (Å²) in [4.78, 5) is 36.9. The average Bonchev–Trinajstić information content (AvgIpc) is 2.98. The van der Waals surface area contributed by atoms with E-state index in [2.05, 4.69) is 13.2 Å². The van der Waals surface area contributed by atoms with Crippen molar-refractivity contribution in [2.24, 2.45) is 17.3 Å². The first-order valence-corrected chi connectivity index (χ1v) is 11.8. The van der Waals surface area contributed by atoms with Crippen molar-refractivity contribution in [1.82, 2.24) is 0 Å². The second kappa shape index (κ2) is 8.05. The number of aliphatic hydroxyl groups is 2. The fourth-order valence-corrected chi connectivity index (χ4v) is 6.90. The minimum absolute atomic E-state index is 0.0155. The van der Waals surface area contributed by atoms with Gasteiger partial charge in [0.2, 0.25) is 0 Å². The number of carbonyl (C=O) groups excluding carboxylic acids is 3. The molecule has 9 nitrogen and oxygen atoms in total. The quantitative estimate of drug-likeness (QED) is 0.253. The lowest BCUT2D eigenvalue weighted by molar-refractivity contribution is -0.343. The second-order valence-corrected chi connectivity index (χ2v) is 10.6. The molecule has 10 atom stereocenters. The zero-order chi connectivity index (χ0) is 25.4. The third kappa shape index (κ3) is 3.27. The zero-order valence-corrected chi connectivity index (χ0v) is 20.5. The Labute approximate surface area is 203 Å². The van der Waals surface area contributed by atoms with Crippen LogP contribution in [0.3, 0.4) is 0 Å². The summed E-state index contributed by atoms with van der Waals surface area (Å²) in [5.74, 6) is -5.83. The number of esters is 3. The molecule has 1 aliphatic carbocycles. The lowest BCUT2D eigenvalue weighted by atomic mass is 9.53. The molecule has 4 fully saturated rings. The highest BCUT2D eigenvalue weighted by Gasteiger charge is 2.75. The van der Waals surface area contributed by atoms with Gasteiger partial charge in [0, 0.05) is 31.8 Å². The van der Waals surface area contributed by atoms with Crippen LogP contribution >= 0.6 is 11.6 Å². The molecule has 0 aromatic heterocycles. The summed E-state index contributed by atoms with van der Waals surface area (Å²) in [7, 11) is 0. The monoisotopic (exact) mass is 498 g/mol. The lowest BCUT2D eigenvalue weighted by Crippen LogP contribution is -2.74. The first-order chi connectivity index (χ1) is 15.7. The summed E-state index contributed by atoms with van der Waals surface area (Å²) >= 11 is 6.65. The maximum absolute atomic E-state index is 12.7. The van der Waals surface area contributed by atoms with Crippen molar-refractivity contribution in [1.29, 1.82) is 0 Å². The number of fused-ring (bicyclic) bond motifs is 2. The van der Waals surface area contributed by atoms with Gasteiger partial charge in [-0.3, -0.25) is 14.4 Å². The third-order valence-corrected chi connectivity index (χ3v) is 8.74. The highest BCUT2D eigenvalue weighted by Crippen LogP contribution is 2.61. The van der Waals surface area contributed by atoms with Crippen LogP contribution in [0.1, 0.15) is 47.0 Å². The van der Waals surface area contributed by atoms with Gasteiger partial charge in [-0.15, -0.1) is 11.6 Å². The Bertz CT molecular complexity index is 964. The molecule has 0 radical (unpaired) electrons. The number of hydrogen-bond donors (Lipinski definition) is 2. The first-order valence-electron chi connectivity index (χ1n) is 11.4. The van der Waals surface area contributed by atoms with E-state index < -0.39 is 76.3 Å². The van der Waals surface area contributed by atoms with Crippen LogP contribution in [0.15, 0.2) is 24.3 Å². The number of ether oxygens (including phenoxy) is 4. The van der Waals surface area contributed by atoms with Crippen LogP contribution in [0.5, 0.6) is 0 Å². The summed E-state index contributed by atoms with van der Waals surface area (Å²) in [5.41, 5.74) is -2.35. The van der Waals surface area contributed by atoms with Crippen LogP contribution in [-0.4, -0.2) is 69.3 Å². The van der Waals surface area contributed by atoms with Crippen LogP contribution in [0, 0.1) is 17.3 Å². The molecular formula is C24H31ClO9. The van der Waals surface area contributed by atoms with Crippen LogP contribution in [0.4, 0.5) is 0 Å². The Morgan fingerprint density at radius 3 is 2.35 bits per heavy atom. The largest absolute Gasteiger partial charge is 0.462 e. The molecule has 1 saturated carbocycles. The van der Waals surface area contributed by atoms with Gasteiger partial charge in [0.25, 0.3) is 0 Å². The molecule has 0 amide bonds. The number of hydrogen-bond acceptors (Lipinski definition) is 9. The van der Waals surface area contributed by atoms with Crippen molar-refractivity contribution in [3.05, 3.63) is 24.3 Å². The Hall–Kier alpha value is -1.94. The number of halogens is 1. The van der Waals surface area contributed by atoms with Gasteiger partial charge in [-0.1, -0.05) is 25.7 Å². The maximum atomic E-state index is 12.7. The number of rotatable bonds is 2. The minimum atomic E-state index is -2.17. The van der Waals surface area contributed by atoms with Crippen molar-refractivity contribution in [2.75, 3.05) is 0 Å². The molecule has 3 saturated heterocycles. The number of aliphatic hydroxyl groups excluding tert-OH is 1. The van der Waals surface area contributed by atoms with Crippen molar-refractivity contribution < 1.29 is 43.5 Å². The van der Waals surface area contributed by atoms with Gasteiger partial charge < -0.3 is 29.2 Å². The van der Waals surface area contributed by atoms with E-state index in [1.165, 1.54) is 13.8 Å². The summed E-state index contributed by atoms with van der Waals surface area (Å²) in [6, 6.07) is 0. The molecule has 10 unspecified atom stereocenters. The third-order valence-electron chi connectivity index (χ3n) is 8.25. The molecule has 4 rings (SSSR count). The van der Waals surface area contributed by atoms with E-state index in [1.54, 1.807) is 13.8 Å². The minimum Gasteiger partial charge on any atom is -0.462 e. The standard InChI is InChI=1S/C24H31ClO9/c1-10-7-8-15(31-13(4)26)22(6)16(32-14(5)27)9-23(30)11(2)18(25)20-24(34-23,19(28)17(10)22)12(3)21(29)33-20/h12,15-20,28,30H,1-2,7-9H2,3-6H3. The molecule has 34 heavy (non-hydrogen) atoms. The number of carbonyl (C=O) groups is 3. The van der Waals surface area contributed by atoms with Gasteiger partial charge in [0.1, 0.15) is 17.8 Å². The molecule has 0 aromatic rings. The summed E-state index contributed by atoms with van der Waals surface area (Å²) in [5, 5.41) is 22.7. The second-order valence-electron chi connectivity index (χ2n) is 10.1. The van der Waals surface area contributed by atoms with Gasteiger partial charge in [0.05, 0.1) is 22.8 Å². The van der Waals surface area contributed by atoms with Crippen molar-refractivity contribution in [2.45, 2.75) is 88.1 Å². The topological polar surface area (TPSA) is 129 Å². The predicted octanol–water partition coefficient (Wildman–Crippen LogP) is 1.77. The molecule has 10 heteroatoms. The van der Waals surface area contributed by atoms with E-state index in [-0.39, 0.29) is 12.0 Å². The fraction of sp³-hybridized carbons (Fsp3) is 0.708.